The van der Waals surface area contributed by atoms with E-state index in [2.05, 4.69) is 87.7 Å². The maximum atomic E-state index is 6.26. The highest BCUT2D eigenvalue weighted by molar-refractivity contribution is 9.11. The van der Waals surface area contributed by atoms with Crippen molar-refractivity contribution >= 4 is 117 Å². The molecule has 0 aliphatic rings. The van der Waals surface area contributed by atoms with E-state index in [4.69, 9.17) is 55.7 Å². The van der Waals surface area contributed by atoms with Crippen molar-refractivity contribution in [2.75, 3.05) is 25.7 Å². The molecule has 0 aromatic carbocycles. The smallest absolute Gasteiger partial charge is 0.223 e. The number of hydrogen-bond acceptors (Lipinski definition) is 12. The number of rotatable bonds is 6. The van der Waals surface area contributed by atoms with Gasteiger partial charge in [-0.15, -0.1) is 0 Å². The average molecular weight is 853 g/mol. The number of fused-ring (bicyclic) bond motifs is 2. The first kappa shape index (κ1) is 32.3. The third-order valence-corrected chi connectivity index (χ3v) is 8.79. The van der Waals surface area contributed by atoms with Crippen LogP contribution in [0.4, 0.5) is 11.9 Å². The Kier molecular flexibility index (Phi) is 9.91. The Morgan fingerprint density at radius 1 is 0.727 bits per heavy atom. The molecular formula is C24H18Br3Cl3N12O2. The molecule has 0 bridgehead atoms. The first-order valence-electron chi connectivity index (χ1n) is 12.0. The fourth-order valence-electron chi connectivity index (χ4n) is 3.97. The molecule has 0 atom stereocenters. The minimum absolute atomic E-state index is 0.0620. The first-order valence-corrected chi connectivity index (χ1v) is 15.5. The van der Waals surface area contributed by atoms with E-state index in [0.29, 0.717) is 67.3 Å². The summed E-state index contributed by atoms with van der Waals surface area (Å²) >= 11 is 28.5. The van der Waals surface area contributed by atoms with Gasteiger partial charge in [-0.3, -0.25) is 9.97 Å². The van der Waals surface area contributed by atoms with Gasteiger partial charge in [0.05, 0.1) is 60.3 Å². The third-order valence-electron chi connectivity index (χ3n) is 5.93. The SMILES string of the molecule is COc1c(Br)cnc(Cn2cnc3c(Br)nc(N)nc32)c1Br.COc1c(Cl)cnc(Cn2cnc3c(Cl)nc(N)nc32)c1Cl. The number of ether oxygens (including phenoxy) is 2. The first-order chi connectivity index (χ1) is 21.0. The maximum absolute atomic E-state index is 6.26. The number of hydrogen-bond donors (Lipinski definition) is 2. The lowest BCUT2D eigenvalue weighted by molar-refractivity contribution is 0.407. The standard InChI is InChI=1S/C12H9Br3N6O.C12H9Cl3N6O/c2*1-22-9-5(13)2-17-6(7(9)14)3-21-4-18-8-10(15)19-12(16)20-11(8)21/h2*2,4H,3H2,1H3,(H2,16,19,20). The van der Waals surface area contributed by atoms with Gasteiger partial charge >= 0.3 is 0 Å². The molecule has 6 heterocycles. The summed E-state index contributed by atoms with van der Waals surface area (Å²) in [4.78, 5) is 33.3. The van der Waals surface area contributed by atoms with Crippen LogP contribution in [0.1, 0.15) is 11.4 Å². The minimum atomic E-state index is 0.0620. The van der Waals surface area contributed by atoms with E-state index in [-0.39, 0.29) is 17.0 Å². The minimum Gasteiger partial charge on any atom is -0.494 e. The molecular weight excluding hydrogens is 834 g/mol. The summed E-state index contributed by atoms with van der Waals surface area (Å²) in [5.41, 5.74) is 14.9. The number of nitrogens with two attached hydrogens (primary N) is 2. The quantitative estimate of drug-likeness (QED) is 0.188. The zero-order valence-electron chi connectivity index (χ0n) is 22.4. The maximum Gasteiger partial charge on any atom is 0.223 e. The topological polar surface area (TPSA) is 183 Å². The summed E-state index contributed by atoms with van der Waals surface area (Å²) in [5, 5.41) is 0.848. The Balaban J connectivity index is 0.000000175. The van der Waals surface area contributed by atoms with Crippen molar-refractivity contribution in [2.45, 2.75) is 13.1 Å². The fraction of sp³-hybridized carbons (Fsp3) is 0.167. The van der Waals surface area contributed by atoms with Gasteiger partial charge < -0.3 is 30.1 Å². The molecule has 20 heteroatoms. The largest absolute Gasteiger partial charge is 0.494 e. The molecule has 44 heavy (non-hydrogen) atoms. The lowest BCUT2D eigenvalue weighted by atomic mass is 10.3. The monoisotopic (exact) mass is 848 g/mol. The van der Waals surface area contributed by atoms with Crippen molar-refractivity contribution in [3.05, 3.63) is 65.2 Å². The summed E-state index contributed by atoms with van der Waals surface area (Å²) in [6.45, 7) is 0.763. The number of aromatic nitrogens is 10. The molecule has 0 saturated carbocycles. The van der Waals surface area contributed by atoms with Gasteiger partial charge in [0.2, 0.25) is 11.9 Å². The average Bonchev–Trinajstić information content (AvgIpc) is 3.57. The van der Waals surface area contributed by atoms with E-state index in [9.17, 15) is 0 Å². The van der Waals surface area contributed by atoms with Crippen LogP contribution in [0.25, 0.3) is 22.3 Å². The summed E-state index contributed by atoms with van der Waals surface area (Å²) in [7, 11) is 3.09. The van der Waals surface area contributed by atoms with Crippen LogP contribution in [-0.4, -0.2) is 63.2 Å². The van der Waals surface area contributed by atoms with E-state index >= 15 is 0 Å². The Bertz CT molecular complexity index is 1880. The van der Waals surface area contributed by atoms with Crippen LogP contribution in [0.5, 0.6) is 11.5 Å². The fourth-order valence-corrected chi connectivity index (χ4v) is 6.54. The predicted octanol–water partition coefficient (Wildman–Crippen LogP) is 5.97. The van der Waals surface area contributed by atoms with E-state index in [1.165, 1.54) is 13.3 Å². The molecule has 0 radical (unpaired) electrons. The third kappa shape index (κ3) is 6.48. The molecule has 4 N–H and O–H groups in total. The number of halogens is 6. The second-order valence-corrected chi connectivity index (χ2v) is 12.2. The molecule has 0 fully saturated rings. The van der Waals surface area contributed by atoms with E-state index < -0.39 is 0 Å². The number of nitrogens with zero attached hydrogens (tertiary/aromatic N) is 10. The van der Waals surface area contributed by atoms with E-state index in [1.54, 1.807) is 30.5 Å². The lowest BCUT2D eigenvalue weighted by Gasteiger charge is -2.10. The zero-order chi connectivity index (χ0) is 31.7. The van der Waals surface area contributed by atoms with Gasteiger partial charge in [-0.05, 0) is 47.8 Å². The lowest BCUT2D eigenvalue weighted by Crippen LogP contribution is -2.05. The highest BCUT2D eigenvalue weighted by Crippen LogP contribution is 2.36. The van der Waals surface area contributed by atoms with Gasteiger partial charge in [0.15, 0.2) is 27.9 Å². The molecule has 0 aliphatic heterocycles. The van der Waals surface area contributed by atoms with Gasteiger partial charge in [-0.2, -0.15) is 15.0 Å². The molecule has 0 amide bonds. The summed E-state index contributed by atoms with van der Waals surface area (Å²) in [6.07, 6.45) is 6.39. The summed E-state index contributed by atoms with van der Waals surface area (Å²) in [6, 6.07) is 0. The number of methoxy groups -OCH3 is 2. The number of nitrogen functional groups attached to an aromatic ring is 2. The molecule has 6 rings (SSSR count). The van der Waals surface area contributed by atoms with Gasteiger partial charge in [0.25, 0.3) is 0 Å². The molecule has 0 aliphatic carbocycles. The van der Waals surface area contributed by atoms with Gasteiger partial charge in [-0.1, -0.05) is 34.8 Å². The highest BCUT2D eigenvalue weighted by atomic mass is 79.9. The molecule has 0 saturated heterocycles. The van der Waals surface area contributed by atoms with Crippen molar-refractivity contribution < 1.29 is 9.47 Å². The Hall–Kier alpha value is -3.09. The number of anilines is 2. The predicted molar refractivity (Wildman–Crippen MR) is 177 cm³/mol. The van der Waals surface area contributed by atoms with Crippen molar-refractivity contribution in [2.24, 2.45) is 0 Å². The van der Waals surface area contributed by atoms with Crippen LogP contribution >= 0.6 is 82.6 Å². The second-order valence-electron chi connectivity index (χ2n) is 8.63. The van der Waals surface area contributed by atoms with Crippen molar-refractivity contribution in [3.63, 3.8) is 0 Å². The van der Waals surface area contributed by atoms with Crippen molar-refractivity contribution in [1.82, 2.24) is 49.0 Å². The van der Waals surface area contributed by atoms with Gasteiger partial charge in [0, 0.05) is 12.4 Å². The zero-order valence-corrected chi connectivity index (χ0v) is 29.5. The molecule has 6 aromatic rings. The number of imidazole rings is 2. The number of pyridine rings is 2. The molecule has 14 nitrogen and oxygen atoms in total. The summed E-state index contributed by atoms with van der Waals surface area (Å²) < 4.78 is 16.2. The Labute approximate surface area is 288 Å². The normalized spacial score (nSPS) is 11.1. The highest BCUT2D eigenvalue weighted by Gasteiger charge is 2.17. The van der Waals surface area contributed by atoms with Crippen LogP contribution in [0, 0.1) is 0 Å². The van der Waals surface area contributed by atoms with E-state index in [1.807, 2.05) is 4.57 Å². The molecule has 0 spiro atoms. The van der Waals surface area contributed by atoms with Gasteiger partial charge in [-0.25, -0.2) is 15.0 Å². The Morgan fingerprint density at radius 3 is 1.95 bits per heavy atom. The van der Waals surface area contributed by atoms with Crippen LogP contribution in [-0.2, 0) is 13.1 Å². The molecule has 0 unspecified atom stereocenters. The Morgan fingerprint density at radius 2 is 1.30 bits per heavy atom. The summed E-state index contributed by atoms with van der Waals surface area (Å²) in [5.74, 6) is 1.29. The van der Waals surface area contributed by atoms with Gasteiger partial charge in [0.1, 0.15) is 25.7 Å². The van der Waals surface area contributed by atoms with Crippen LogP contribution in [0.3, 0.4) is 0 Å². The van der Waals surface area contributed by atoms with Crippen LogP contribution in [0.2, 0.25) is 15.2 Å². The van der Waals surface area contributed by atoms with Crippen LogP contribution < -0.4 is 20.9 Å². The van der Waals surface area contributed by atoms with Crippen LogP contribution in [0.15, 0.2) is 38.6 Å². The van der Waals surface area contributed by atoms with Crippen molar-refractivity contribution in [1.29, 1.82) is 0 Å². The molecule has 6 aromatic heterocycles. The van der Waals surface area contributed by atoms with E-state index in [0.717, 1.165) is 14.6 Å². The second kappa shape index (κ2) is 13.5. The van der Waals surface area contributed by atoms with Crippen molar-refractivity contribution in [3.8, 4) is 11.5 Å². The molecule has 228 valence electrons.